The van der Waals surface area contributed by atoms with E-state index in [4.69, 9.17) is 18.5 Å². The normalized spacial score (nSPS) is 14.3. The number of hydrogen-bond acceptors (Lipinski definition) is 8. The van der Waals surface area contributed by atoms with Crippen LogP contribution in [0.3, 0.4) is 0 Å². The van der Waals surface area contributed by atoms with E-state index in [0.29, 0.717) is 23.9 Å². The number of phosphoric acid groups is 1. The van der Waals surface area contributed by atoms with E-state index < -0.39 is 32.5 Å². The molecule has 9 nitrogen and oxygen atoms in total. The fraction of sp³-hybridized carbons (Fsp3) is 0.575. The molecule has 0 aliphatic rings. The number of allylic oxidation sites excluding steroid dienone is 32. The predicted molar refractivity (Wildman–Crippen MR) is 387 cm³/mol. The molecule has 0 aromatic carbocycles. The van der Waals surface area contributed by atoms with Crippen molar-refractivity contribution < 1.29 is 42.1 Å². The third-order valence-corrected chi connectivity index (χ3v) is 15.1. The standard InChI is InChI=1S/C80H128NO8P/c1-6-8-10-12-14-16-18-20-22-24-26-28-30-32-33-34-35-36-37-38-39-40-41-42-43-44-45-46-47-49-51-53-55-57-59-61-63-65-67-69-71-73-80(83)89-78(77-88-90(84,85)87-75-74-81(3,4)5)76-86-79(82)72-70-68-66-64-62-60-58-56-54-52-50-48-31-29-27-25-23-21-19-17-15-13-11-9-7-2/h8-11,14-17,20-23,26-29,32-33,35-36,38-39,41-42,44-45,47,49,53,55,59,61,78H,6-7,12-13,18-19,24-25,30-31,34,37,40,43,46,48,50-52,54,56-58,60,62-77H2,1-5H3/b10-8-,11-9-,16-14-,17-15-,22-20-,23-21-,28-26-,29-27-,33-32-,36-35-,39-38-,42-41-,45-44-,49-47-,55-53-,61-59-. The minimum absolute atomic E-state index is 0.0467. The van der Waals surface area contributed by atoms with Gasteiger partial charge in [-0.15, -0.1) is 0 Å². The Balaban J connectivity index is 4.19. The fourth-order valence-corrected chi connectivity index (χ4v) is 9.53. The van der Waals surface area contributed by atoms with Gasteiger partial charge in [-0.3, -0.25) is 14.2 Å². The topological polar surface area (TPSA) is 111 Å². The van der Waals surface area contributed by atoms with Crippen LogP contribution in [0.1, 0.15) is 245 Å². The van der Waals surface area contributed by atoms with E-state index in [9.17, 15) is 19.0 Å². The number of unbranched alkanes of at least 4 members (excludes halogenated alkanes) is 16. The first kappa shape index (κ1) is 84.8. The molecule has 2 atom stereocenters. The van der Waals surface area contributed by atoms with Gasteiger partial charge in [0.2, 0.25) is 0 Å². The number of rotatable bonds is 62. The maximum Gasteiger partial charge on any atom is 0.306 e. The number of hydrogen-bond donors (Lipinski definition) is 0. The molecule has 0 fully saturated rings. The first-order valence-electron chi connectivity index (χ1n) is 35.1. The number of carbonyl (C=O) groups excluding carboxylic acids is 2. The molecule has 0 aliphatic heterocycles. The zero-order chi connectivity index (χ0) is 65.5. The highest BCUT2D eigenvalue weighted by Crippen LogP contribution is 2.38. The largest absolute Gasteiger partial charge is 0.756 e. The number of carbonyl (C=O) groups is 2. The van der Waals surface area contributed by atoms with Crippen LogP contribution >= 0.6 is 7.82 Å². The predicted octanol–water partition coefficient (Wildman–Crippen LogP) is 22.6. The average Bonchev–Trinajstić information content (AvgIpc) is 3.62. The van der Waals surface area contributed by atoms with Gasteiger partial charge in [-0.1, -0.05) is 285 Å². The maximum atomic E-state index is 12.9. The summed E-state index contributed by atoms with van der Waals surface area (Å²) >= 11 is 0. The first-order valence-corrected chi connectivity index (χ1v) is 36.6. The van der Waals surface area contributed by atoms with E-state index in [1.165, 1.54) is 57.8 Å². The Labute approximate surface area is 552 Å². The van der Waals surface area contributed by atoms with Crippen molar-refractivity contribution in [1.29, 1.82) is 0 Å². The monoisotopic (exact) mass is 1260 g/mol. The first-order chi connectivity index (χ1) is 44.0. The van der Waals surface area contributed by atoms with Gasteiger partial charge in [0.05, 0.1) is 27.7 Å². The molecule has 90 heavy (non-hydrogen) atoms. The molecule has 0 spiro atoms. The molecule has 0 heterocycles. The lowest BCUT2D eigenvalue weighted by Gasteiger charge is -2.28. The van der Waals surface area contributed by atoms with Crippen molar-refractivity contribution in [3.8, 4) is 0 Å². The van der Waals surface area contributed by atoms with Crippen LogP contribution in [0.25, 0.3) is 0 Å². The summed E-state index contributed by atoms with van der Waals surface area (Å²) < 4.78 is 34.2. The van der Waals surface area contributed by atoms with Gasteiger partial charge >= 0.3 is 11.9 Å². The Morgan fingerprint density at radius 1 is 0.344 bits per heavy atom. The summed E-state index contributed by atoms with van der Waals surface area (Å²) in [4.78, 5) is 38.1. The maximum absolute atomic E-state index is 12.9. The van der Waals surface area contributed by atoms with Crippen LogP contribution in [0.2, 0.25) is 0 Å². The molecule has 0 N–H and O–H groups in total. The number of likely N-dealkylation sites (N-methyl/N-ethyl adjacent to an activating group) is 1. The van der Waals surface area contributed by atoms with Gasteiger partial charge in [-0.25, -0.2) is 0 Å². The van der Waals surface area contributed by atoms with E-state index in [1.54, 1.807) is 0 Å². The van der Waals surface area contributed by atoms with Crippen molar-refractivity contribution in [3.63, 3.8) is 0 Å². The zero-order valence-corrected chi connectivity index (χ0v) is 58.4. The van der Waals surface area contributed by atoms with Crippen molar-refractivity contribution in [3.05, 3.63) is 194 Å². The van der Waals surface area contributed by atoms with Gasteiger partial charge in [-0.05, 0) is 141 Å². The van der Waals surface area contributed by atoms with Crippen LogP contribution < -0.4 is 4.89 Å². The number of quaternary nitrogens is 1. The highest BCUT2D eigenvalue weighted by Gasteiger charge is 2.22. The Hall–Kier alpha value is -5.15. The smallest absolute Gasteiger partial charge is 0.306 e. The Morgan fingerprint density at radius 3 is 0.889 bits per heavy atom. The molecule has 0 radical (unpaired) electrons. The molecular weight excluding hydrogens is 1130 g/mol. The summed E-state index contributed by atoms with van der Waals surface area (Å²) in [6, 6.07) is 0. The average molecular weight is 1260 g/mol. The fourth-order valence-electron chi connectivity index (χ4n) is 8.80. The number of nitrogens with zero attached hydrogens (tertiary/aromatic N) is 1. The summed E-state index contributed by atoms with van der Waals surface area (Å²) in [5.41, 5.74) is 0. The van der Waals surface area contributed by atoms with Crippen LogP contribution in [-0.4, -0.2) is 70.0 Å². The second kappa shape index (κ2) is 68.2. The van der Waals surface area contributed by atoms with Crippen molar-refractivity contribution >= 4 is 19.8 Å². The second-order valence-corrected chi connectivity index (χ2v) is 25.2. The van der Waals surface area contributed by atoms with Gasteiger partial charge < -0.3 is 27.9 Å². The molecule has 0 aromatic rings. The Kier molecular flexibility index (Phi) is 64.3. The van der Waals surface area contributed by atoms with Gasteiger partial charge in [0.15, 0.2) is 6.10 Å². The molecule has 0 bridgehead atoms. The lowest BCUT2D eigenvalue weighted by atomic mass is 10.0. The third-order valence-electron chi connectivity index (χ3n) is 14.1. The summed E-state index contributed by atoms with van der Waals surface area (Å²) in [5, 5.41) is 0. The molecule has 506 valence electrons. The lowest BCUT2D eigenvalue weighted by molar-refractivity contribution is -0.870. The molecule has 2 unspecified atom stereocenters. The minimum atomic E-state index is -4.66. The van der Waals surface area contributed by atoms with E-state index in [1.807, 2.05) is 21.1 Å². The van der Waals surface area contributed by atoms with E-state index >= 15 is 0 Å². The van der Waals surface area contributed by atoms with Gasteiger partial charge in [0.25, 0.3) is 7.82 Å². The lowest BCUT2D eigenvalue weighted by Crippen LogP contribution is -2.37. The Bertz CT molecular complexity index is 2220. The zero-order valence-electron chi connectivity index (χ0n) is 57.5. The number of phosphoric ester groups is 1. The highest BCUT2D eigenvalue weighted by atomic mass is 31.2. The van der Waals surface area contributed by atoms with Crippen molar-refractivity contribution in [1.82, 2.24) is 0 Å². The molecule has 0 aromatic heterocycles. The van der Waals surface area contributed by atoms with Gasteiger partial charge in [0.1, 0.15) is 19.8 Å². The van der Waals surface area contributed by atoms with Crippen molar-refractivity contribution in [2.45, 2.75) is 251 Å². The molecule has 0 aliphatic carbocycles. The summed E-state index contributed by atoms with van der Waals surface area (Å²) in [7, 11) is 1.12. The van der Waals surface area contributed by atoms with Crippen molar-refractivity contribution in [2.24, 2.45) is 0 Å². The quantitative estimate of drug-likeness (QED) is 0.0195. The van der Waals surface area contributed by atoms with Crippen LogP contribution in [0.15, 0.2) is 194 Å². The summed E-state index contributed by atoms with van der Waals surface area (Å²) in [6.45, 7) is 3.96. The minimum Gasteiger partial charge on any atom is -0.756 e. The summed E-state index contributed by atoms with van der Waals surface area (Å²) in [5.74, 6) is -0.877. The SMILES string of the molecule is CC/C=C\C/C=C\C/C=C\C/C=C\C/C=C\C/C=C\C/C=C\C/C=C\C/C=C\C/C=C\C/C=C\C/C=C\CCCCCCC(=O)OC(COC(=O)CCCCCCCCCCCCCC/C=C\C/C=C\C/C=C\C/C=C\CC)COP(=O)([O-])OCC[N+](C)(C)C. The van der Waals surface area contributed by atoms with Crippen LogP contribution in [-0.2, 0) is 32.7 Å². The van der Waals surface area contributed by atoms with Crippen LogP contribution in [0.4, 0.5) is 0 Å². The molecule has 0 rings (SSSR count). The summed E-state index contributed by atoms with van der Waals surface area (Å²) in [6.07, 6.45) is 106. The molecule has 0 saturated heterocycles. The molecule has 10 heteroatoms. The van der Waals surface area contributed by atoms with E-state index in [2.05, 4.69) is 208 Å². The van der Waals surface area contributed by atoms with E-state index in [-0.39, 0.29) is 26.1 Å². The molecule has 0 amide bonds. The third kappa shape index (κ3) is 71.9. The molecule has 0 saturated carbocycles. The van der Waals surface area contributed by atoms with Crippen LogP contribution in [0, 0.1) is 0 Å². The number of esters is 2. The Morgan fingerprint density at radius 2 is 0.600 bits per heavy atom. The second-order valence-electron chi connectivity index (χ2n) is 23.8. The van der Waals surface area contributed by atoms with Crippen molar-refractivity contribution in [2.75, 3.05) is 47.5 Å². The number of ether oxygens (including phenoxy) is 2. The molecular formula is C80H128NO8P. The van der Waals surface area contributed by atoms with E-state index in [0.717, 1.165) is 148 Å². The van der Waals surface area contributed by atoms with Crippen LogP contribution in [0.5, 0.6) is 0 Å². The van der Waals surface area contributed by atoms with Gasteiger partial charge in [0, 0.05) is 12.8 Å². The highest BCUT2D eigenvalue weighted by molar-refractivity contribution is 7.45. The van der Waals surface area contributed by atoms with Gasteiger partial charge in [-0.2, -0.15) is 0 Å².